The van der Waals surface area contributed by atoms with Gasteiger partial charge in [0.15, 0.2) is 0 Å². The van der Waals surface area contributed by atoms with Gasteiger partial charge in [-0.1, -0.05) is 0 Å². The van der Waals surface area contributed by atoms with E-state index in [9.17, 15) is 9.18 Å². The number of amides is 1. The fourth-order valence-corrected chi connectivity index (χ4v) is 2.98. The van der Waals surface area contributed by atoms with Crippen LogP contribution in [0.2, 0.25) is 0 Å². The molecule has 1 aliphatic heterocycles. The molecule has 0 bridgehead atoms. The van der Waals surface area contributed by atoms with E-state index in [0.717, 1.165) is 12.8 Å². The van der Waals surface area contributed by atoms with Crippen molar-refractivity contribution in [3.05, 3.63) is 29.8 Å². The highest BCUT2D eigenvalue weighted by Gasteiger charge is 2.34. The van der Waals surface area contributed by atoms with Crippen LogP contribution in [-0.4, -0.2) is 33.9 Å². The van der Waals surface area contributed by atoms with Crippen LogP contribution in [0.4, 0.5) is 4.39 Å². The van der Waals surface area contributed by atoms with Crippen molar-refractivity contribution in [2.75, 3.05) is 0 Å². The van der Waals surface area contributed by atoms with Gasteiger partial charge in [0, 0.05) is 18.3 Å². The first-order valence-electron chi connectivity index (χ1n) is 7.15. The minimum atomic E-state index is -0.386. The third-order valence-electron chi connectivity index (χ3n) is 4.11. The number of carbonyl (C=O) groups excluding carboxylic acids is 1. The Balaban J connectivity index is 1.93. The molecule has 0 spiro atoms. The van der Waals surface area contributed by atoms with Crippen molar-refractivity contribution >= 4 is 5.91 Å². The summed E-state index contributed by atoms with van der Waals surface area (Å²) in [6, 6.07) is 3.52. The molecule has 1 aromatic rings. The van der Waals surface area contributed by atoms with E-state index in [1.54, 1.807) is 0 Å². The molecular formula is C15H22FN3O. The Labute approximate surface area is 119 Å². The molecule has 2 heterocycles. The van der Waals surface area contributed by atoms with Crippen LogP contribution in [0.25, 0.3) is 0 Å². The van der Waals surface area contributed by atoms with E-state index in [4.69, 9.17) is 0 Å². The molecule has 5 heteroatoms. The van der Waals surface area contributed by atoms with Crippen molar-refractivity contribution < 1.29 is 9.18 Å². The average molecular weight is 279 g/mol. The van der Waals surface area contributed by atoms with Gasteiger partial charge in [-0.15, -0.1) is 0 Å². The molecule has 1 saturated heterocycles. The summed E-state index contributed by atoms with van der Waals surface area (Å²) in [7, 11) is 0. The van der Waals surface area contributed by atoms with Crippen molar-refractivity contribution in [2.45, 2.75) is 58.3 Å². The number of hydrogen-bond donors (Lipinski definition) is 1. The Hall–Kier alpha value is -1.49. The van der Waals surface area contributed by atoms with Crippen molar-refractivity contribution in [2.24, 2.45) is 0 Å². The minimum absolute atomic E-state index is 0.0735. The second-order valence-electron chi connectivity index (χ2n) is 5.55. The maximum atomic E-state index is 13.4. The molecule has 1 fully saturated rings. The summed E-state index contributed by atoms with van der Waals surface area (Å²) in [6.07, 6.45) is 3.76. The normalized spacial score (nSPS) is 24.6. The molecular weight excluding hydrogens is 257 g/mol. The number of nitrogens with one attached hydrogen (secondary N) is 1. The summed E-state index contributed by atoms with van der Waals surface area (Å²) >= 11 is 0. The highest BCUT2D eigenvalue weighted by atomic mass is 19.1. The highest BCUT2D eigenvalue weighted by molar-refractivity contribution is 5.81. The molecule has 0 unspecified atom stereocenters. The lowest BCUT2D eigenvalue weighted by atomic mass is 10.2. The van der Waals surface area contributed by atoms with Gasteiger partial charge in [-0.3, -0.25) is 14.7 Å². The Bertz CT molecular complexity index is 470. The van der Waals surface area contributed by atoms with Crippen molar-refractivity contribution in [1.82, 2.24) is 15.2 Å². The third kappa shape index (κ3) is 3.15. The number of rotatable bonds is 4. The predicted molar refractivity (Wildman–Crippen MR) is 75.5 cm³/mol. The lowest BCUT2D eigenvalue weighted by Crippen LogP contribution is -2.49. The van der Waals surface area contributed by atoms with E-state index >= 15 is 0 Å². The molecule has 0 aromatic carbocycles. The van der Waals surface area contributed by atoms with Gasteiger partial charge >= 0.3 is 0 Å². The van der Waals surface area contributed by atoms with Crippen LogP contribution >= 0.6 is 0 Å². The SMILES string of the molecule is C[C@@H]1CC[C@H](C)N1[C@@H](C)C(=O)NCc1ncccc1F. The van der Waals surface area contributed by atoms with Crippen LogP contribution in [0, 0.1) is 5.82 Å². The van der Waals surface area contributed by atoms with Gasteiger partial charge in [0.2, 0.25) is 5.91 Å². The number of nitrogens with zero attached hydrogens (tertiary/aromatic N) is 2. The molecule has 110 valence electrons. The average Bonchev–Trinajstić information content (AvgIpc) is 2.76. The van der Waals surface area contributed by atoms with Crippen molar-refractivity contribution in [1.29, 1.82) is 0 Å². The van der Waals surface area contributed by atoms with E-state index in [1.807, 2.05) is 6.92 Å². The van der Waals surface area contributed by atoms with E-state index in [1.165, 1.54) is 18.3 Å². The first-order valence-corrected chi connectivity index (χ1v) is 7.15. The number of aromatic nitrogens is 1. The number of likely N-dealkylation sites (tertiary alicyclic amines) is 1. The van der Waals surface area contributed by atoms with Crippen LogP contribution < -0.4 is 5.32 Å². The summed E-state index contributed by atoms with van der Waals surface area (Å²) in [4.78, 5) is 18.4. The summed E-state index contributed by atoms with van der Waals surface area (Å²) in [5, 5.41) is 2.77. The van der Waals surface area contributed by atoms with Crippen LogP contribution in [0.1, 0.15) is 39.3 Å². The second kappa shape index (κ2) is 6.31. The van der Waals surface area contributed by atoms with Gasteiger partial charge in [-0.25, -0.2) is 4.39 Å². The molecule has 3 atom stereocenters. The van der Waals surface area contributed by atoms with Gasteiger partial charge in [0.25, 0.3) is 0 Å². The first kappa shape index (κ1) is 14.9. The topological polar surface area (TPSA) is 45.2 Å². The standard InChI is InChI=1S/C15H22FN3O/c1-10-6-7-11(2)19(10)12(3)15(20)18-9-14-13(16)5-4-8-17-14/h4-5,8,10-12H,6-7,9H2,1-3H3,(H,18,20)/t10-,11+,12-/m0/s1. The van der Waals surface area contributed by atoms with Crippen molar-refractivity contribution in [3.8, 4) is 0 Å². The van der Waals surface area contributed by atoms with E-state index in [2.05, 4.69) is 29.0 Å². The number of carbonyl (C=O) groups is 1. The Morgan fingerprint density at radius 1 is 1.50 bits per heavy atom. The highest BCUT2D eigenvalue weighted by Crippen LogP contribution is 2.25. The maximum Gasteiger partial charge on any atom is 0.237 e. The summed E-state index contributed by atoms with van der Waals surface area (Å²) in [5.41, 5.74) is 0.274. The molecule has 4 nitrogen and oxygen atoms in total. The van der Waals surface area contributed by atoms with Crippen LogP contribution in [-0.2, 0) is 11.3 Å². The van der Waals surface area contributed by atoms with Gasteiger partial charge in [-0.05, 0) is 45.7 Å². The molecule has 1 aromatic heterocycles. The number of pyridine rings is 1. The summed E-state index contributed by atoms with van der Waals surface area (Å²) in [5.74, 6) is -0.459. The maximum absolute atomic E-state index is 13.4. The zero-order valence-corrected chi connectivity index (χ0v) is 12.3. The Morgan fingerprint density at radius 3 is 2.75 bits per heavy atom. The quantitative estimate of drug-likeness (QED) is 0.918. The fraction of sp³-hybridized carbons (Fsp3) is 0.600. The zero-order chi connectivity index (χ0) is 14.7. The molecule has 2 rings (SSSR count). The summed E-state index contributed by atoms with van der Waals surface area (Å²) < 4.78 is 13.4. The molecule has 0 saturated carbocycles. The molecule has 0 radical (unpaired) electrons. The smallest absolute Gasteiger partial charge is 0.237 e. The molecule has 1 amide bonds. The number of hydrogen-bond acceptors (Lipinski definition) is 3. The predicted octanol–water partition coefficient (Wildman–Crippen LogP) is 2.10. The van der Waals surface area contributed by atoms with Gasteiger partial charge in [0.1, 0.15) is 5.82 Å². The third-order valence-corrected chi connectivity index (χ3v) is 4.11. The second-order valence-corrected chi connectivity index (χ2v) is 5.55. The monoisotopic (exact) mass is 279 g/mol. The van der Waals surface area contributed by atoms with E-state index in [0.29, 0.717) is 12.1 Å². The minimum Gasteiger partial charge on any atom is -0.349 e. The van der Waals surface area contributed by atoms with Crippen LogP contribution in [0.15, 0.2) is 18.3 Å². The molecule has 1 aliphatic rings. The zero-order valence-electron chi connectivity index (χ0n) is 12.3. The Kier molecular flexibility index (Phi) is 4.70. The van der Waals surface area contributed by atoms with Gasteiger partial charge < -0.3 is 5.32 Å². The van der Waals surface area contributed by atoms with Crippen LogP contribution in [0.5, 0.6) is 0 Å². The first-order chi connectivity index (χ1) is 9.50. The fourth-order valence-electron chi connectivity index (χ4n) is 2.98. The summed E-state index contributed by atoms with van der Waals surface area (Å²) in [6.45, 7) is 6.33. The van der Waals surface area contributed by atoms with Gasteiger partial charge in [0.05, 0.1) is 18.3 Å². The Morgan fingerprint density at radius 2 is 2.15 bits per heavy atom. The lowest BCUT2D eigenvalue weighted by Gasteiger charge is -2.31. The number of halogens is 1. The lowest BCUT2D eigenvalue weighted by molar-refractivity contribution is -0.127. The van der Waals surface area contributed by atoms with Crippen molar-refractivity contribution in [3.63, 3.8) is 0 Å². The molecule has 0 aliphatic carbocycles. The molecule has 20 heavy (non-hydrogen) atoms. The van der Waals surface area contributed by atoms with E-state index in [-0.39, 0.29) is 30.0 Å². The van der Waals surface area contributed by atoms with E-state index < -0.39 is 0 Å². The largest absolute Gasteiger partial charge is 0.349 e. The molecule has 1 N–H and O–H groups in total. The van der Waals surface area contributed by atoms with Crippen LogP contribution in [0.3, 0.4) is 0 Å². The van der Waals surface area contributed by atoms with Gasteiger partial charge in [-0.2, -0.15) is 0 Å².